The van der Waals surface area contributed by atoms with E-state index in [1.165, 1.54) is 64.5 Å². The molecule has 3 atom stereocenters. The number of hydrogen-bond donors (Lipinski definition) is 1. The molecule has 0 amide bonds. The second kappa shape index (κ2) is 7.97. The quantitative estimate of drug-likeness (QED) is 0.806. The van der Waals surface area contributed by atoms with Gasteiger partial charge in [0.05, 0.1) is 0 Å². The lowest BCUT2D eigenvalue weighted by Gasteiger charge is -2.47. The van der Waals surface area contributed by atoms with Crippen LogP contribution >= 0.6 is 0 Å². The second-order valence-corrected chi connectivity index (χ2v) is 8.08. The maximum Gasteiger partial charge on any atom is 0.0159 e. The van der Waals surface area contributed by atoms with Crippen molar-refractivity contribution in [3.63, 3.8) is 0 Å². The number of nitrogens with zero attached hydrogens (tertiary/aromatic N) is 1. The molecule has 0 bridgehead atoms. The van der Waals surface area contributed by atoms with Crippen LogP contribution < -0.4 is 5.32 Å². The Morgan fingerprint density at radius 2 is 1.86 bits per heavy atom. The highest BCUT2D eigenvalue weighted by Crippen LogP contribution is 2.39. The summed E-state index contributed by atoms with van der Waals surface area (Å²) in [6, 6.07) is 1.55. The van der Waals surface area contributed by atoms with E-state index in [1.807, 2.05) is 0 Å². The van der Waals surface area contributed by atoms with Crippen molar-refractivity contribution >= 4 is 0 Å². The molecule has 1 saturated heterocycles. The maximum absolute atomic E-state index is 3.84. The van der Waals surface area contributed by atoms with E-state index in [9.17, 15) is 0 Å². The van der Waals surface area contributed by atoms with Gasteiger partial charge < -0.3 is 10.2 Å². The molecule has 0 aromatic carbocycles. The van der Waals surface area contributed by atoms with E-state index in [-0.39, 0.29) is 0 Å². The van der Waals surface area contributed by atoms with Crippen LogP contribution in [0.5, 0.6) is 0 Å². The lowest BCUT2D eigenvalue weighted by Crippen LogP contribution is -2.53. The van der Waals surface area contributed by atoms with Crippen LogP contribution in [0.1, 0.15) is 79.1 Å². The van der Waals surface area contributed by atoms with Crippen LogP contribution in [0, 0.1) is 11.3 Å². The molecule has 0 radical (unpaired) electrons. The van der Waals surface area contributed by atoms with Gasteiger partial charge >= 0.3 is 0 Å². The summed E-state index contributed by atoms with van der Waals surface area (Å²) in [5, 5.41) is 3.84. The van der Waals surface area contributed by atoms with Gasteiger partial charge in [-0.15, -0.1) is 0 Å². The van der Waals surface area contributed by atoms with Crippen molar-refractivity contribution in [1.82, 2.24) is 10.2 Å². The third-order valence-electron chi connectivity index (χ3n) is 6.07. The van der Waals surface area contributed by atoms with Crippen LogP contribution in [-0.4, -0.2) is 36.6 Å². The van der Waals surface area contributed by atoms with Crippen molar-refractivity contribution in [3.8, 4) is 0 Å². The normalized spacial score (nSPS) is 34.6. The molecule has 0 spiro atoms. The van der Waals surface area contributed by atoms with E-state index >= 15 is 0 Å². The smallest absolute Gasteiger partial charge is 0.0159 e. The van der Waals surface area contributed by atoms with Gasteiger partial charge in [-0.2, -0.15) is 0 Å². The number of likely N-dealkylation sites (tertiary alicyclic amines) is 1. The van der Waals surface area contributed by atoms with Gasteiger partial charge in [-0.1, -0.05) is 47.0 Å². The molecule has 2 aliphatic rings. The molecule has 2 fully saturated rings. The van der Waals surface area contributed by atoms with E-state index in [1.54, 1.807) is 0 Å². The first-order valence-corrected chi connectivity index (χ1v) is 9.56. The predicted molar refractivity (Wildman–Crippen MR) is 92.7 cm³/mol. The van der Waals surface area contributed by atoms with E-state index in [0.717, 1.165) is 18.5 Å². The largest absolute Gasteiger partial charge is 0.313 e. The zero-order valence-corrected chi connectivity index (χ0v) is 15.0. The lowest BCUT2D eigenvalue weighted by molar-refractivity contribution is 0.0651. The third kappa shape index (κ3) is 4.45. The summed E-state index contributed by atoms with van der Waals surface area (Å²) in [6.07, 6.45) is 11.3. The first-order valence-electron chi connectivity index (χ1n) is 9.56. The topological polar surface area (TPSA) is 15.3 Å². The van der Waals surface area contributed by atoms with Crippen LogP contribution in [0.3, 0.4) is 0 Å². The fourth-order valence-electron chi connectivity index (χ4n) is 4.88. The summed E-state index contributed by atoms with van der Waals surface area (Å²) in [5.74, 6) is 0.848. The van der Waals surface area contributed by atoms with Gasteiger partial charge in [0.2, 0.25) is 0 Å². The van der Waals surface area contributed by atoms with Gasteiger partial charge in [0.25, 0.3) is 0 Å². The van der Waals surface area contributed by atoms with E-state index in [4.69, 9.17) is 0 Å². The van der Waals surface area contributed by atoms with Gasteiger partial charge in [0.15, 0.2) is 0 Å². The molecular weight excluding hydrogens is 256 g/mol. The predicted octanol–water partition coefficient (Wildman–Crippen LogP) is 4.45. The molecule has 1 aliphatic carbocycles. The standard InChI is InChI=1S/C19H38N2/c1-5-17-12-8-7-9-14-21(17)15-16-11-10-13-19(3,4)18(16)20-6-2/h16-18,20H,5-15H2,1-4H3. The monoisotopic (exact) mass is 294 g/mol. The molecule has 124 valence electrons. The van der Waals surface area contributed by atoms with Crippen LogP contribution in [0.4, 0.5) is 0 Å². The highest BCUT2D eigenvalue weighted by molar-refractivity contribution is 4.95. The summed E-state index contributed by atoms with van der Waals surface area (Å²) in [6.45, 7) is 13.4. The molecule has 21 heavy (non-hydrogen) atoms. The Labute approximate surface area is 133 Å². The lowest BCUT2D eigenvalue weighted by atomic mass is 9.67. The Balaban J connectivity index is 2.03. The van der Waals surface area contributed by atoms with Gasteiger partial charge in [0.1, 0.15) is 0 Å². The fourth-order valence-corrected chi connectivity index (χ4v) is 4.88. The summed E-state index contributed by atoms with van der Waals surface area (Å²) in [4.78, 5) is 2.85. The third-order valence-corrected chi connectivity index (χ3v) is 6.07. The SMILES string of the molecule is CCNC1C(CN2CCCCCC2CC)CCCC1(C)C. The molecule has 2 rings (SSSR count). The van der Waals surface area contributed by atoms with Gasteiger partial charge in [-0.05, 0) is 56.5 Å². The number of rotatable bonds is 5. The Bertz CT molecular complexity index is 300. The minimum atomic E-state index is 0.465. The van der Waals surface area contributed by atoms with E-state index in [0.29, 0.717) is 11.5 Å². The Morgan fingerprint density at radius 3 is 2.57 bits per heavy atom. The van der Waals surface area contributed by atoms with Crippen LogP contribution in [0.25, 0.3) is 0 Å². The van der Waals surface area contributed by atoms with E-state index < -0.39 is 0 Å². The Morgan fingerprint density at radius 1 is 1.05 bits per heavy atom. The van der Waals surface area contributed by atoms with Crippen molar-refractivity contribution < 1.29 is 0 Å². The summed E-state index contributed by atoms with van der Waals surface area (Å²) < 4.78 is 0. The van der Waals surface area contributed by atoms with Crippen molar-refractivity contribution in [2.75, 3.05) is 19.6 Å². The Kier molecular flexibility index (Phi) is 6.55. The van der Waals surface area contributed by atoms with Crippen LogP contribution in [-0.2, 0) is 0 Å². The fraction of sp³-hybridized carbons (Fsp3) is 1.00. The summed E-state index contributed by atoms with van der Waals surface area (Å²) >= 11 is 0. The second-order valence-electron chi connectivity index (χ2n) is 8.08. The molecule has 0 aromatic heterocycles. The number of nitrogens with one attached hydrogen (secondary N) is 1. The molecule has 2 heteroatoms. The molecule has 3 unspecified atom stereocenters. The van der Waals surface area contributed by atoms with Gasteiger partial charge in [-0.3, -0.25) is 0 Å². The van der Waals surface area contributed by atoms with Crippen LogP contribution in [0.15, 0.2) is 0 Å². The highest BCUT2D eigenvalue weighted by Gasteiger charge is 2.39. The van der Waals surface area contributed by atoms with Crippen molar-refractivity contribution in [1.29, 1.82) is 0 Å². The molecular formula is C19H38N2. The molecule has 1 heterocycles. The zero-order chi connectivity index (χ0) is 15.3. The van der Waals surface area contributed by atoms with Crippen molar-refractivity contribution in [3.05, 3.63) is 0 Å². The zero-order valence-electron chi connectivity index (χ0n) is 15.0. The van der Waals surface area contributed by atoms with Crippen molar-refractivity contribution in [2.45, 2.75) is 91.1 Å². The highest BCUT2D eigenvalue weighted by atomic mass is 15.2. The van der Waals surface area contributed by atoms with Gasteiger partial charge in [0, 0.05) is 18.6 Å². The molecule has 1 aliphatic heterocycles. The van der Waals surface area contributed by atoms with Gasteiger partial charge in [-0.25, -0.2) is 0 Å². The average Bonchev–Trinajstić information content (AvgIpc) is 2.67. The summed E-state index contributed by atoms with van der Waals surface area (Å²) in [7, 11) is 0. The minimum Gasteiger partial charge on any atom is -0.313 e. The van der Waals surface area contributed by atoms with Crippen molar-refractivity contribution in [2.24, 2.45) is 11.3 Å². The summed E-state index contributed by atoms with van der Waals surface area (Å²) in [5.41, 5.74) is 0.465. The van der Waals surface area contributed by atoms with E-state index in [2.05, 4.69) is 37.9 Å². The average molecular weight is 295 g/mol. The van der Waals surface area contributed by atoms with Crippen LogP contribution in [0.2, 0.25) is 0 Å². The Hall–Kier alpha value is -0.0800. The molecule has 1 N–H and O–H groups in total. The maximum atomic E-state index is 3.84. The first-order chi connectivity index (χ1) is 10.1. The minimum absolute atomic E-state index is 0.465. The first kappa shape index (κ1) is 17.3. The molecule has 2 nitrogen and oxygen atoms in total. The number of hydrogen-bond acceptors (Lipinski definition) is 2. The molecule has 0 aromatic rings. The molecule has 1 saturated carbocycles.